The van der Waals surface area contributed by atoms with Gasteiger partial charge in [-0.15, -0.1) is 0 Å². The van der Waals surface area contributed by atoms with Gasteiger partial charge in [0.2, 0.25) is 11.8 Å². The molecule has 0 aromatic carbocycles. The summed E-state index contributed by atoms with van der Waals surface area (Å²) in [6.45, 7) is 4.70. The van der Waals surface area contributed by atoms with Gasteiger partial charge in [0.1, 0.15) is 6.61 Å². The molecule has 0 saturated carbocycles. The molecule has 0 bridgehead atoms. The molecule has 1 aliphatic rings. The molecule has 23 heavy (non-hydrogen) atoms. The molecule has 1 saturated heterocycles. The van der Waals surface area contributed by atoms with Crippen molar-refractivity contribution in [1.82, 2.24) is 9.88 Å². The van der Waals surface area contributed by atoms with Crippen LogP contribution in [0.2, 0.25) is 0 Å². The van der Waals surface area contributed by atoms with Crippen LogP contribution in [0.25, 0.3) is 0 Å². The minimum Gasteiger partial charge on any atom is -0.481 e. The van der Waals surface area contributed by atoms with E-state index in [4.69, 9.17) is 14.6 Å². The molecule has 0 atom stereocenters. The minimum atomic E-state index is -0.998. The molecular formula is C15H21N3O5. The number of carbonyl (C=O) groups excluding carboxylic acids is 1. The zero-order valence-corrected chi connectivity index (χ0v) is 12.9. The third-order valence-corrected chi connectivity index (χ3v) is 3.35. The number of morpholine rings is 1. The Kier molecular flexibility index (Phi) is 6.76. The average molecular weight is 323 g/mol. The first-order valence-electron chi connectivity index (χ1n) is 7.54. The number of anilines is 1. The Balaban J connectivity index is 1.69. The largest absolute Gasteiger partial charge is 0.481 e. The van der Waals surface area contributed by atoms with Crippen molar-refractivity contribution in [3.8, 4) is 5.88 Å². The second-order valence-corrected chi connectivity index (χ2v) is 5.13. The number of amides is 1. The van der Waals surface area contributed by atoms with E-state index in [0.717, 1.165) is 32.8 Å². The lowest BCUT2D eigenvalue weighted by Crippen LogP contribution is -2.38. The smallest absolute Gasteiger partial charge is 0.303 e. The fourth-order valence-corrected chi connectivity index (χ4v) is 2.09. The molecule has 1 aliphatic heterocycles. The Morgan fingerprint density at radius 3 is 2.74 bits per heavy atom. The quantitative estimate of drug-likeness (QED) is 0.722. The Morgan fingerprint density at radius 1 is 1.30 bits per heavy atom. The van der Waals surface area contributed by atoms with Gasteiger partial charge < -0.3 is 19.9 Å². The van der Waals surface area contributed by atoms with Crippen LogP contribution in [0.1, 0.15) is 12.8 Å². The van der Waals surface area contributed by atoms with Crippen molar-refractivity contribution >= 4 is 17.6 Å². The molecule has 2 heterocycles. The van der Waals surface area contributed by atoms with E-state index in [2.05, 4.69) is 15.2 Å². The van der Waals surface area contributed by atoms with Crippen LogP contribution in [0.5, 0.6) is 5.88 Å². The van der Waals surface area contributed by atoms with Gasteiger partial charge >= 0.3 is 5.97 Å². The third kappa shape index (κ3) is 6.62. The van der Waals surface area contributed by atoms with Crippen LogP contribution in [-0.4, -0.2) is 66.3 Å². The first-order chi connectivity index (χ1) is 11.1. The number of rotatable bonds is 8. The summed E-state index contributed by atoms with van der Waals surface area (Å²) in [5.41, 5.74) is 0.515. The maximum absolute atomic E-state index is 11.5. The zero-order valence-electron chi connectivity index (χ0n) is 12.9. The molecule has 0 radical (unpaired) electrons. The third-order valence-electron chi connectivity index (χ3n) is 3.35. The highest BCUT2D eigenvalue weighted by atomic mass is 16.5. The lowest BCUT2D eigenvalue weighted by atomic mass is 10.3. The second kappa shape index (κ2) is 9.06. The van der Waals surface area contributed by atoms with E-state index >= 15 is 0 Å². The molecule has 1 aromatic heterocycles. The molecular weight excluding hydrogens is 302 g/mol. The van der Waals surface area contributed by atoms with Gasteiger partial charge in [-0.3, -0.25) is 14.5 Å². The van der Waals surface area contributed by atoms with Crippen LogP contribution in [0.4, 0.5) is 5.69 Å². The van der Waals surface area contributed by atoms with E-state index in [1.165, 1.54) is 6.20 Å². The maximum atomic E-state index is 11.5. The number of ether oxygens (including phenoxy) is 2. The van der Waals surface area contributed by atoms with Crippen molar-refractivity contribution in [2.24, 2.45) is 0 Å². The summed E-state index contributed by atoms with van der Waals surface area (Å²) in [6.07, 6.45) is 1.23. The number of aliphatic carboxylic acids is 1. The summed E-state index contributed by atoms with van der Waals surface area (Å²) in [7, 11) is 0. The van der Waals surface area contributed by atoms with Gasteiger partial charge in [-0.25, -0.2) is 4.98 Å². The van der Waals surface area contributed by atoms with Gasteiger partial charge in [-0.1, -0.05) is 0 Å². The summed E-state index contributed by atoms with van der Waals surface area (Å²) < 4.78 is 10.8. The van der Waals surface area contributed by atoms with Crippen molar-refractivity contribution < 1.29 is 24.2 Å². The molecule has 0 unspecified atom stereocenters. The number of carboxylic acid groups (broad SMARTS) is 1. The van der Waals surface area contributed by atoms with Crippen LogP contribution in [0.3, 0.4) is 0 Å². The highest BCUT2D eigenvalue weighted by Gasteiger charge is 2.10. The number of aromatic nitrogens is 1. The van der Waals surface area contributed by atoms with Crippen molar-refractivity contribution in [2.45, 2.75) is 12.8 Å². The van der Waals surface area contributed by atoms with Gasteiger partial charge in [-0.05, 0) is 6.07 Å². The summed E-state index contributed by atoms with van der Waals surface area (Å²) in [6, 6.07) is 3.35. The normalized spacial score (nSPS) is 15.1. The Morgan fingerprint density at radius 2 is 2.09 bits per heavy atom. The topological polar surface area (TPSA) is 101 Å². The van der Waals surface area contributed by atoms with Crippen LogP contribution < -0.4 is 10.1 Å². The molecule has 1 fully saturated rings. The molecule has 8 nitrogen and oxygen atoms in total. The van der Waals surface area contributed by atoms with Crippen LogP contribution in [0, 0.1) is 0 Å². The Labute approximate surface area is 134 Å². The standard InChI is InChI=1S/C15H21N3O5/c19-13(2-4-15(20)21)17-12-1-3-14(16-11-12)23-10-7-18-5-8-22-9-6-18/h1,3,11H,2,4-10H2,(H,17,19)(H,20,21). The molecule has 8 heteroatoms. The van der Waals surface area contributed by atoms with Crippen LogP contribution in [-0.2, 0) is 14.3 Å². The van der Waals surface area contributed by atoms with Crippen molar-refractivity contribution in [3.05, 3.63) is 18.3 Å². The predicted molar refractivity (Wildman–Crippen MR) is 82.5 cm³/mol. The molecule has 0 spiro atoms. The van der Waals surface area contributed by atoms with Gasteiger partial charge in [0.05, 0.1) is 31.5 Å². The molecule has 1 amide bonds. The first kappa shape index (κ1) is 17.2. The lowest BCUT2D eigenvalue weighted by Gasteiger charge is -2.26. The fraction of sp³-hybridized carbons (Fsp3) is 0.533. The summed E-state index contributed by atoms with van der Waals surface area (Å²) in [5, 5.41) is 11.1. The molecule has 1 aromatic rings. The molecule has 126 valence electrons. The summed E-state index contributed by atoms with van der Waals surface area (Å²) in [5.74, 6) is -0.862. The zero-order chi connectivity index (χ0) is 16.5. The number of carboxylic acids is 1. The van der Waals surface area contributed by atoms with Gasteiger partial charge in [0.15, 0.2) is 0 Å². The summed E-state index contributed by atoms with van der Waals surface area (Å²) in [4.78, 5) is 28.3. The number of nitrogens with one attached hydrogen (secondary N) is 1. The van der Waals surface area contributed by atoms with Crippen molar-refractivity contribution in [2.75, 3.05) is 44.8 Å². The first-order valence-corrected chi connectivity index (χ1v) is 7.54. The monoisotopic (exact) mass is 323 g/mol. The van der Waals surface area contributed by atoms with Crippen molar-refractivity contribution in [1.29, 1.82) is 0 Å². The number of carbonyl (C=O) groups is 2. The Bertz CT molecular complexity index is 514. The van der Waals surface area contributed by atoms with E-state index in [9.17, 15) is 9.59 Å². The second-order valence-electron chi connectivity index (χ2n) is 5.13. The van der Waals surface area contributed by atoms with E-state index < -0.39 is 5.97 Å². The molecule has 2 N–H and O–H groups in total. The number of nitrogens with zero attached hydrogens (tertiary/aromatic N) is 2. The maximum Gasteiger partial charge on any atom is 0.303 e. The van der Waals surface area contributed by atoms with E-state index in [-0.39, 0.29) is 18.7 Å². The number of hydrogen-bond acceptors (Lipinski definition) is 6. The van der Waals surface area contributed by atoms with E-state index in [0.29, 0.717) is 18.2 Å². The predicted octanol–water partition coefficient (Wildman–Crippen LogP) is 0.596. The Hall–Kier alpha value is -2.19. The van der Waals surface area contributed by atoms with Gasteiger partial charge in [-0.2, -0.15) is 0 Å². The molecule has 2 rings (SSSR count). The highest BCUT2D eigenvalue weighted by Crippen LogP contribution is 2.12. The minimum absolute atomic E-state index is 0.0624. The van der Waals surface area contributed by atoms with Gasteiger partial charge in [0, 0.05) is 32.1 Å². The number of hydrogen-bond donors (Lipinski definition) is 2. The SMILES string of the molecule is O=C(O)CCC(=O)Nc1ccc(OCCN2CCOCC2)nc1. The number of pyridine rings is 1. The summed E-state index contributed by atoms with van der Waals surface area (Å²) >= 11 is 0. The fourth-order valence-electron chi connectivity index (χ4n) is 2.09. The van der Waals surface area contributed by atoms with Crippen molar-refractivity contribution in [3.63, 3.8) is 0 Å². The lowest BCUT2D eigenvalue weighted by molar-refractivity contribution is -0.138. The highest BCUT2D eigenvalue weighted by molar-refractivity contribution is 5.92. The van der Waals surface area contributed by atoms with Crippen LogP contribution in [0.15, 0.2) is 18.3 Å². The van der Waals surface area contributed by atoms with Crippen LogP contribution >= 0.6 is 0 Å². The molecule has 0 aliphatic carbocycles. The van der Waals surface area contributed by atoms with E-state index in [1.807, 2.05) is 0 Å². The van der Waals surface area contributed by atoms with Gasteiger partial charge in [0.25, 0.3) is 0 Å². The van der Waals surface area contributed by atoms with E-state index in [1.54, 1.807) is 12.1 Å². The average Bonchev–Trinajstić information content (AvgIpc) is 2.56.